The summed E-state index contributed by atoms with van der Waals surface area (Å²) in [6.45, 7) is 4.06. The van der Waals surface area contributed by atoms with Crippen molar-refractivity contribution in [1.82, 2.24) is 10.3 Å². The summed E-state index contributed by atoms with van der Waals surface area (Å²) in [6, 6.07) is 12.8. The molecule has 0 spiro atoms. The van der Waals surface area contributed by atoms with Crippen molar-refractivity contribution in [3.05, 3.63) is 71.2 Å². The molecule has 1 saturated carbocycles. The molecule has 0 unspecified atom stereocenters. The van der Waals surface area contributed by atoms with Crippen molar-refractivity contribution in [3.8, 4) is 28.5 Å². The lowest BCUT2D eigenvalue weighted by atomic mass is 9.94. The number of carbonyl (C=O) groups excluding carboxylic acids is 1. The number of carbonyl (C=O) groups is 1. The van der Waals surface area contributed by atoms with E-state index in [1.54, 1.807) is 37.3 Å². The van der Waals surface area contributed by atoms with E-state index in [1.165, 1.54) is 19.2 Å². The van der Waals surface area contributed by atoms with Crippen molar-refractivity contribution in [2.24, 2.45) is 0 Å². The number of nitrogens with one attached hydrogen (secondary N) is 1. The maximum absolute atomic E-state index is 13.5. The summed E-state index contributed by atoms with van der Waals surface area (Å²) in [5.41, 5.74) is 1.45. The molecule has 2 aromatic carbocycles. The average Bonchev–Trinajstić information content (AvgIpc) is 3.62. The minimum Gasteiger partial charge on any atom is -0.493 e. The highest BCUT2D eigenvalue weighted by Gasteiger charge is 2.32. The number of hydrogen-bond acceptors (Lipinski definition) is 6. The lowest BCUT2D eigenvalue weighted by Gasteiger charge is -2.25. The van der Waals surface area contributed by atoms with E-state index in [-0.39, 0.29) is 30.3 Å². The first-order chi connectivity index (χ1) is 17.2. The third-order valence-corrected chi connectivity index (χ3v) is 6.52. The Hall–Kier alpha value is -3.65. The zero-order chi connectivity index (χ0) is 25.4. The predicted molar refractivity (Wildman–Crippen MR) is 132 cm³/mol. The third kappa shape index (κ3) is 4.86. The second-order valence-electron chi connectivity index (χ2n) is 9.63. The van der Waals surface area contributed by atoms with Crippen LogP contribution in [0.3, 0.4) is 0 Å². The molecule has 1 aliphatic carbocycles. The summed E-state index contributed by atoms with van der Waals surface area (Å²) in [4.78, 5) is 17.6. The number of aliphatic hydroxyl groups is 1. The van der Waals surface area contributed by atoms with E-state index in [2.05, 4.69) is 10.3 Å². The van der Waals surface area contributed by atoms with E-state index in [0.717, 1.165) is 18.4 Å². The van der Waals surface area contributed by atoms with Gasteiger partial charge in [-0.15, -0.1) is 0 Å². The van der Waals surface area contributed by atoms with Crippen molar-refractivity contribution >= 4 is 5.91 Å². The number of amides is 1. The normalized spacial score (nSPS) is 18.1. The average molecular weight is 493 g/mol. The molecule has 2 atom stereocenters. The number of methoxy groups -OCH3 is 1. The molecule has 188 valence electrons. The van der Waals surface area contributed by atoms with E-state index in [1.807, 2.05) is 13.0 Å². The zero-order valence-electron chi connectivity index (χ0n) is 20.5. The van der Waals surface area contributed by atoms with Crippen molar-refractivity contribution < 1.29 is 28.5 Å². The zero-order valence-corrected chi connectivity index (χ0v) is 20.5. The summed E-state index contributed by atoms with van der Waals surface area (Å²) in [7, 11) is 1.53. The maximum Gasteiger partial charge on any atom is 0.251 e. The molecule has 2 aliphatic rings. The van der Waals surface area contributed by atoms with Gasteiger partial charge < -0.3 is 24.6 Å². The van der Waals surface area contributed by atoms with Crippen LogP contribution < -0.4 is 19.5 Å². The SMILES string of the molecule is COc1cc(C(=O)NC[C@](C)(O)c2cc3c(c(-c4ccc(F)cc4)n2)OC[C@H]3C)ccc1OC1CC1. The number of halogens is 1. The standard InChI is InChI=1S/C28H29FN2O5/c1-16-14-35-26-21(16)13-24(31-25(26)17-4-7-19(29)8-5-17)28(2,33)15-30-27(32)18-6-11-22(23(12-18)34-3)36-20-9-10-20/h4-8,11-13,16,20,33H,9-10,14-15H2,1-3H3,(H,30,32)/t16-,28+/m1/s1. The first-order valence-corrected chi connectivity index (χ1v) is 12.0. The molecule has 0 radical (unpaired) electrons. The van der Waals surface area contributed by atoms with Gasteiger partial charge in [-0.25, -0.2) is 9.37 Å². The fourth-order valence-corrected chi connectivity index (χ4v) is 4.16. The molecule has 5 rings (SSSR count). The molecule has 1 aromatic heterocycles. The van der Waals surface area contributed by atoms with E-state index in [4.69, 9.17) is 14.2 Å². The highest BCUT2D eigenvalue weighted by Crippen LogP contribution is 2.42. The second-order valence-corrected chi connectivity index (χ2v) is 9.63. The molecule has 3 aromatic rings. The Morgan fingerprint density at radius 2 is 1.94 bits per heavy atom. The van der Waals surface area contributed by atoms with Gasteiger partial charge in [-0.2, -0.15) is 0 Å². The number of aromatic nitrogens is 1. The van der Waals surface area contributed by atoms with Crippen LogP contribution in [0.5, 0.6) is 17.2 Å². The van der Waals surface area contributed by atoms with Crippen molar-refractivity contribution in [2.45, 2.75) is 44.3 Å². The molecule has 2 heterocycles. The van der Waals surface area contributed by atoms with Gasteiger partial charge in [0.15, 0.2) is 11.5 Å². The van der Waals surface area contributed by atoms with Crippen LogP contribution in [0, 0.1) is 5.82 Å². The first kappa shape index (κ1) is 24.1. The summed E-state index contributed by atoms with van der Waals surface area (Å²) < 4.78 is 30.6. The van der Waals surface area contributed by atoms with Crippen molar-refractivity contribution in [1.29, 1.82) is 0 Å². The minimum atomic E-state index is -1.47. The van der Waals surface area contributed by atoms with Gasteiger partial charge in [-0.05, 0) is 68.3 Å². The Morgan fingerprint density at radius 3 is 2.64 bits per heavy atom. The molecular weight excluding hydrogens is 463 g/mol. The van der Waals surface area contributed by atoms with Gasteiger partial charge in [0, 0.05) is 22.6 Å². The van der Waals surface area contributed by atoms with E-state index in [0.29, 0.717) is 46.4 Å². The summed E-state index contributed by atoms with van der Waals surface area (Å²) in [6.07, 6.45) is 2.25. The Labute approximate surface area is 209 Å². The molecule has 2 N–H and O–H groups in total. The smallest absolute Gasteiger partial charge is 0.251 e. The predicted octanol–water partition coefficient (Wildman–Crippen LogP) is 4.57. The fraction of sp³-hybridized carbons (Fsp3) is 0.357. The van der Waals surface area contributed by atoms with Crippen LogP contribution in [-0.4, -0.2) is 42.4 Å². The topological polar surface area (TPSA) is 89.9 Å². The largest absolute Gasteiger partial charge is 0.493 e. The number of rotatable bonds is 8. The number of ether oxygens (including phenoxy) is 3. The molecule has 8 heteroatoms. The molecule has 1 amide bonds. The Morgan fingerprint density at radius 1 is 1.19 bits per heavy atom. The van der Waals surface area contributed by atoms with Gasteiger partial charge in [0.25, 0.3) is 5.91 Å². The lowest BCUT2D eigenvalue weighted by molar-refractivity contribution is 0.0489. The number of hydrogen-bond donors (Lipinski definition) is 2. The third-order valence-electron chi connectivity index (χ3n) is 6.52. The van der Waals surface area contributed by atoms with Crippen molar-refractivity contribution in [2.75, 3.05) is 20.3 Å². The summed E-state index contributed by atoms with van der Waals surface area (Å²) >= 11 is 0. The summed E-state index contributed by atoms with van der Waals surface area (Å²) in [5.74, 6) is 1.13. The molecule has 1 fully saturated rings. The van der Waals surface area contributed by atoms with Crippen LogP contribution in [0.25, 0.3) is 11.3 Å². The van der Waals surface area contributed by atoms with Gasteiger partial charge >= 0.3 is 0 Å². The van der Waals surface area contributed by atoms with E-state index >= 15 is 0 Å². The van der Waals surface area contributed by atoms with Crippen LogP contribution >= 0.6 is 0 Å². The molecule has 1 aliphatic heterocycles. The molecule has 36 heavy (non-hydrogen) atoms. The Bertz CT molecular complexity index is 1290. The fourth-order valence-electron chi connectivity index (χ4n) is 4.16. The number of pyridine rings is 1. The Balaban J connectivity index is 1.37. The molecule has 7 nitrogen and oxygen atoms in total. The van der Waals surface area contributed by atoms with Crippen LogP contribution in [0.2, 0.25) is 0 Å². The van der Waals surface area contributed by atoms with Crippen LogP contribution in [0.1, 0.15) is 54.2 Å². The first-order valence-electron chi connectivity index (χ1n) is 12.0. The van der Waals surface area contributed by atoms with Crippen LogP contribution in [-0.2, 0) is 5.60 Å². The van der Waals surface area contributed by atoms with Gasteiger partial charge in [-0.3, -0.25) is 4.79 Å². The maximum atomic E-state index is 13.5. The van der Waals surface area contributed by atoms with Gasteiger partial charge in [-0.1, -0.05) is 6.92 Å². The van der Waals surface area contributed by atoms with Crippen LogP contribution in [0.15, 0.2) is 48.5 Å². The van der Waals surface area contributed by atoms with Gasteiger partial charge in [0.2, 0.25) is 0 Å². The quantitative estimate of drug-likeness (QED) is 0.479. The molecular formula is C28H29FN2O5. The van der Waals surface area contributed by atoms with Crippen molar-refractivity contribution in [3.63, 3.8) is 0 Å². The van der Waals surface area contributed by atoms with Gasteiger partial charge in [0.1, 0.15) is 22.9 Å². The second kappa shape index (κ2) is 9.43. The molecule has 0 bridgehead atoms. The molecule has 0 saturated heterocycles. The lowest BCUT2D eigenvalue weighted by Crippen LogP contribution is -2.39. The van der Waals surface area contributed by atoms with Crippen LogP contribution in [0.4, 0.5) is 4.39 Å². The highest BCUT2D eigenvalue weighted by atomic mass is 19.1. The monoisotopic (exact) mass is 492 g/mol. The summed E-state index contributed by atoms with van der Waals surface area (Å²) in [5, 5.41) is 14.1. The van der Waals surface area contributed by atoms with E-state index < -0.39 is 5.60 Å². The Kier molecular flexibility index (Phi) is 6.30. The highest BCUT2D eigenvalue weighted by molar-refractivity contribution is 5.95. The number of nitrogens with zero attached hydrogens (tertiary/aromatic N) is 1. The van der Waals surface area contributed by atoms with E-state index in [9.17, 15) is 14.3 Å². The minimum absolute atomic E-state index is 0.0711. The number of fused-ring (bicyclic) bond motifs is 1. The number of benzene rings is 2. The van der Waals surface area contributed by atoms with Gasteiger partial charge in [0.05, 0.1) is 32.1 Å².